The molecule has 4 rings (SSSR count). The molecular formula is C30H26Br2N2O2Zn. The largest absolute Gasteiger partial charge is 2.00 e. The fraction of sp³-hybridized carbons (Fsp3) is 0.133. The van der Waals surface area contributed by atoms with Crippen molar-refractivity contribution < 1.29 is 29.7 Å². The van der Waals surface area contributed by atoms with Gasteiger partial charge in [-0.05, 0) is 60.4 Å². The van der Waals surface area contributed by atoms with Crippen LogP contribution in [-0.2, 0) is 19.5 Å². The van der Waals surface area contributed by atoms with Crippen molar-refractivity contribution in [2.75, 3.05) is 0 Å². The van der Waals surface area contributed by atoms with E-state index in [1.54, 1.807) is 48.8 Å². The second-order valence-electron chi connectivity index (χ2n) is 8.09. The van der Waals surface area contributed by atoms with Crippen molar-refractivity contribution in [2.45, 2.75) is 25.9 Å². The van der Waals surface area contributed by atoms with E-state index in [0.29, 0.717) is 11.1 Å². The van der Waals surface area contributed by atoms with Gasteiger partial charge in [0, 0.05) is 21.4 Å². The Kier molecular flexibility index (Phi) is 12.9. The topological polar surface area (TPSA) is 70.8 Å². The average Bonchev–Trinajstić information content (AvgIpc) is 2.88. The molecule has 184 valence electrons. The van der Waals surface area contributed by atoms with E-state index in [1.807, 2.05) is 74.5 Å². The maximum atomic E-state index is 11.5. The molecule has 0 aliphatic carbocycles. The summed E-state index contributed by atoms with van der Waals surface area (Å²) >= 11 is 6.80. The van der Waals surface area contributed by atoms with Crippen LogP contribution in [0.15, 0.2) is 116 Å². The number of hydrogen-bond donors (Lipinski definition) is 0. The van der Waals surface area contributed by atoms with Crippen molar-refractivity contribution in [3.05, 3.63) is 128 Å². The Morgan fingerprint density at radius 1 is 0.568 bits per heavy atom. The predicted molar refractivity (Wildman–Crippen MR) is 152 cm³/mol. The van der Waals surface area contributed by atoms with E-state index in [1.165, 1.54) is 0 Å². The first-order valence-electron chi connectivity index (χ1n) is 11.4. The average molecular weight is 672 g/mol. The van der Waals surface area contributed by atoms with Crippen LogP contribution in [0.1, 0.15) is 48.2 Å². The molecule has 37 heavy (non-hydrogen) atoms. The minimum Gasteiger partial charge on any atom is -0.872 e. The molecule has 0 heterocycles. The third kappa shape index (κ3) is 10.00. The van der Waals surface area contributed by atoms with E-state index in [9.17, 15) is 10.2 Å². The quantitative estimate of drug-likeness (QED) is 0.158. The van der Waals surface area contributed by atoms with Crippen molar-refractivity contribution >= 4 is 44.3 Å². The van der Waals surface area contributed by atoms with Crippen molar-refractivity contribution in [2.24, 2.45) is 9.98 Å². The van der Waals surface area contributed by atoms with E-state index < -0.39 is 0 Å². The van der Waals surface area contributed by atoms with Gasteiger partial charge in [-0.3, -0.25) is 9.98 Å². The molecule has 0 spiro atoms. The Bertz CT molecular complexity index is 1210. The van der Waals surface area contributed by atoms with Crippen LogP contribution in [0.3, 0.4) is 0 Å². The fourth-order valence-corrected chi connectivity index (χ4v) is 3.74. The third-order valence-electron chi connectivity index (χ3n) is 5.42. The zero-order chi connectivity index (χ0) is 25.9. The Hall–Kier alpha value is -2.60. The van der Waals surface area contributed by atoms with Crippen LogP contribution in [0, 0.1) is 0 Å². The molecule has 0 saturated heterocycles. The summed E-state index contributed by atoms with van der Waals surface area (Å²) in [5.74, 6) is 0.00788. The third-order valence-corrected chi connectivity index (χ3v) is 6.47. The first-order valence-corrected chi connectivity index (χ1v) is 13.0. The molecule has 4 aromatic rings. The van der Waals surface area contributed by atoms with E-state index in [4.69, 9.17) is 0 Å². The predicted octanol–water partition coefficient (Wildman–Crippen LogP) is 7.40. The van der Waals surface area contributed by atoms with Crippen LogP contribution in [0.25, 0.3) is 0 Å². The summed E-state index contributed by atoms with van der Waals surface area (Å²) in [4.78, 5) is 8.83. The summed E-state index contributed by atoms with van der Waals surface area (Å²) in [6.07, 6.45) is 3.30. The van der Waals surface area contributed by atoms with Crippen LogP contribution in [-0.4, -0.2) is 12.4 Å². The summed E-state index contributed by atoms with van der Waals surface area (Å²) in [6.45, 7) is 4.01. The molecule has 0 unspecified atom stereocenters. The van der Waals surface area contributed by atoms with Gasteiger partial charge in [0.2, 0.25) is 0 Å². The van der Waals surface area contributed by atoms with Gasteiger partial charge < -0.3 is 10.2 Å². The van der Waals surface area contributed by atoms with Crippen LogP contribution in [0.5, 0.6) is 11.5 Å². The van der Waals surface area contributed by atoms with Gasteiger partial charge in [-0.1, -0.05) is 105 Å². The van der Waals surface area contributed by atoms with Gasteiger partial charge in [-0.25, -0.2) is 0 Å². The maximum absolute atomic E-state index is 11.5. The molecule has 0 aliphatic rings. The van der Waals surface area contributed by atoms with Crippen LogP contribution >= 0.6 is 31.9 Å². The molecule has 0 N–H and O–H groups in total. The normalized spacial score (nSPS) is 12.4. The Morgan fingerprint density at radius 2 is 0.892 bits per heavy atom. The number of rotatable bonds is 6. The number of benzene rings is 4. The van der Waals surface area contributed by atoms with Gasteiger partial charge in [-0.2, -0.15) is 0 Å². The molecule has 0 aliphatic heterocycles. The van der Waals surface area contributed by atoms with Gasteiger partial charge in [0.05, 0.1) is 12.1 Å². The number of hydrogen-bond acceptors (Lipinski definition) is 4. The Balaban J connectivity index is 0.000000253. The van der Waals surface area contributed by atoms with Crippen LogP contribution in [0.4, 0.5) is 0 Å². The van der Waals surface area contributed by atoms with Gasteiger partial charge >= 0.3 is 19.5 Å². The number of aliphatic imine (C=N–C) groups is 2. The summed E-state index contributed by atoms with van der Waals surface area (Å²) in [5, 5.41) is 23.0. The zero-order valence-electron chi connectivity index (χ0n) is 20.7. The minimum absolute atomic E-state index is 0. The van der Waals surface area contributed by atoms with Crippen molar-refractivity contribution in [1.29, 1.82) is 0 Å². The standard InChI is InChI=1S/2C15H14BrNO.Zn/c2*1-11(12-6-8-14(16)9-7-12)17-10-13-4-2-3-5-15(13)18;/h2*2-11,18H,1H3;/q;;+2/p-2/t2*11-;/m11./s1. The smallest absolute Gasteiger partial charge is 0.872 e. The van der Waals surface area contributed by atoms with Gasteiger partial charge in [0.15, 0.2) is 0 Å². The molecule has 2 atom stereocenters. The summed E-state index contributed by atoms with van der Waals surface area (Å²) in [5.41, 5.74) is 3.50. The summed E-state index contributed by atoms with van der Waals surface area (Å²) in [7, 11) is 0. The molecule has 4 aromatic carbocycles. The number of para-hydroxylation sites is 2. The van der Waals surface area contributed by atoms with Gasteiger partial charge in [-0.15, -0.1) is 11.5 Å². The maximum Gasteiger partial charge on any atom is 2.00 e. The molecule has 0 radical (unpaired) electrons. The molecule has 4 nitrogen and oxygen atoms in total. The van der Waals surface area contributed by atoms with E-state index in [-0.39, 0.29) is 43.1 Å². The molecule has 0 amide bonds. The van der Waals surface area contributed by atoms with E-state index >= 15 is 0 Å². The molecule has 0 fully saturated rings. The summed E-state index contributed by atoms with van der Waals surface area (Å²) in [6, 6.07) is 29.9. The molecule has 0 bridgehead atoms. The second-order valence-corrected chi connectivity index (χ2v) is 9.92. The van der Waals surface area contributed by atoms with E-state index in [2.05, 4.69) is 41.8 Å². The summed E-state index contributed by atoms with van der Waals surface area (Å²) < 4.78 is 2.10. The zero-order valence-corrected chi connectivity index (χ0v) is 26.9. The SMILES string of the molecule is C[C@@H](N=Cc1ccccc1[O-])c1ccc(Br)cc1.C[C@@H](N=Cc1ccccc1[O-])c1ccc(Br)cc1.[Zn+2]. The monoisotopic (exact) mass is 668 g/mol. The Morgan fingerprint density at radius 3 is 1.22 bits per heavy atom. The van der Waals surface area contributed by atoms with Gasteiger partial charge in [0.25, 0.3) is 0 Å². The van der Waals surface area contributed by atoms with Crippen molar-refractivity contribution in [1.82, 2.24) is 0 Å². The Labute approximate surface area is 248 Å². The first-order chi connectivity index (χ1) is 17.3. The van der Waals surface area contributed by atoms with Crippen molar-refractivity contribution in [3.8, 4) is 11.5 Å². The molecular weight excluding hydrogens is 646 g/mol. The minimum atomic E-state index is 0. The van der Waals surface area contributed by atoms with E-state index in [0.717, 1.165) is 20.1 Å². The number of nitrogens with zero attached hydrogens (tertiary/aromatic N) is 2. The van der Waals surface area contributed by atoms with Gasteiger partial charge in [0.1, 0.15) is 0 Å². The first kappa shape index (κ1) is 30.6. The van der Waals surface area contributed by atoms with Crippen LogP contribution < -0.4 is 10.2 Å². The molecule has 7 heteroatoms. The molecule has 0 saturated carbocycles. The second kappa shape index (κ2) is 15.6. The van der Waals surface area contributed by atoms with Crippen molar-refractivity contribution in [3.63, 3.8) is 0 Å². The molecule has 0 aromatic heterocycles. The number of halogens is 2. The fourth-order valence-electron chi connectivity index (χ4n) is 3.21. The van der Waals surface area contributed by atoms with Crippen LogP contribution in [0.2, 0.25) is 0 Å².